The van der Waals surface area contributed by atoms with E-state index < -0.39 is 0 Å². The summed E-state index contributed by atoms with van der Waals surface area (Å²) >= 11 is 0. The van der Waals surface area contributed by atoms with Crippen LogP contribution in [0.1, 0.15) is 70.4 Å². The van der Waals surface area contributed by atoms with Crippen molar-refractivity contribution in [1.29, 1.82) is 0 Å². The van der Waals surface area contributed by atoms with Gasteiger partial charge in [0.1, 0.15) is 0 Å². The summed E-state index contributed by atoms with van der Waals surface area (Å²) in [6.07, 6.45) is 5.42. The van der Waals surface area contributed by atoms with Crippen LogP contribution >= 0.6 is 0 Å². The molecular formula is C19H31N. The number of rotatable bonds is 5. The fraction of sp³-hybridized carbons (Fsp3) is 0.684. The molecule has 1 aromatic rings. The molecule has 0 aliphatic heterocycles. The van der Waals surface area contributed by atoms with E-state index in [0.717, 1.165) is 19.0 Å². The third-order valence-electron chi connectivity index (χ3n) is 5.13. The van der Waals surface area contributed by atoms with Crippen LogP contribution in [-0.4, -0.2) is 13.1 Å². The molecule has 0 atom stereocenters. The van der Waals surface area contributed by atoms with Crippen LogP contribution in [-0.2, 0) is 5.41 Å². The molecule has 1 aliphatic rings. The van der Waals surface area contributed by atoms with Gasteiger partial charge >= 0.3 is 0 Å². The van der Waals surface area contributed by atoms with E-state index in [-0.39, 0.29) is 0 Å². The van der Waals surface area contributed by atoms with Crippen LogP contribution in [0.5, 0.6) is 0 Å². The third kappa shape index (κ3) is 3.44. The lowest BCUT2D eigenvalue weighted by molar-refractivity contribution is 0.235. The van der Waals surface area contributed by atoms with Gasteiger partial charge in [0.15, 0.2) is 0 Å². The second kappa shape index (κ2) is 6.76. The molecule has 112 valence electrons. The zero-order valence-corrected chi connectivity index (χ0v) is 13.7. The maximum atomic E-state index is 3.61. The van der Waals surface area contributed by atoms with Crippen molar-refractivity contribution in [1.82, 2.24) is 5.32 Å². The largest absolute Gasteiger partial charge is 0.316 e. The maximum Gasteiger partial charge on any atom is 0.00779 e. The first kappa shape index (κ1) is 15.6. The van der Waals surface area contributed by atoms with E-state index in [4.69, 9.17) is 0 Å². The lowest BCUT2D eigenvalue weighted by Crippen LogP contribution is -2.41. The highest BCUT2D eigenvalue weighted by Crippen LogP contribution is 2.41. The molecular weight excluding hydrogens is 242 g/mol. The first-order valence-corrected chi connectivity index (χ1v) is 8.38. The summed E-state index contributed by atoms with van der Waals surface area (Å²) in [5, 5.41) is 3.61. The second-order valence-electron chi connectivity index (χ2n) is 7.02. The van der Waals surface area contributed by atoms with Crippen molar-refractivity contribution in [2.24, 2.45) is 5.92 Å². The van der Waals surface area contributed by atoms with E-state index >= 15 is 0 Å². The Labute approximate surface area is 125 Å². The van der Waals surface area contributed by atoms with E-state index in [1.807, 2.05) is 0 Å². The fourth-order valence-corrected chi connectivity index (χ4v) is 3.47. The molecule has 0 unspecified atom stereocenters. The number of hydrogen-bond acceptors (Lipinski definition) is 1. The molecule has 0 spiro atoms. The molecule has 0 bridgehead atoms. The van der Waals surface area contributed by atoms with E-state index in [0.29, 0.717) is 11.3 Å². The second-order valence-corrected chi connectivity index (χ2v) is 7.02. The number of hydrogen-bond donors (Lipinski definition) is 1. The minimum atomic E-state index is 0.373. The summed E-state index contributed by atoms with van der Waals surface area (Å²) in [5.41, 5.74) is 3.38. The highest BCUT2D eigenvalue weighted by Gasteiger charge is 2.35. The Balaban J connectivity index is 2.21. The van der Waals surface area contributed by atoms with Gasteiger partial charge in [-0.15, -0.1) is 0 Å². The molecule has 0 amide bonds. The van der Waals surface area contributed by atoms with Crippen molar-refractivity contribution in [3.05, 3.63) is 35.4 Å². The Morgan fingerprint density at radius 2 is 1.75 bits per heavy atom. The highest BCUT2D eigenvalue weighted by atomic mass is 14.9. The fourth-order valence-electron chi connectivity index (χ4n) is 3.47. The van der Waals surface area contributed by atoms with Gasteiger partial charge in [0.05, 0.1) is 0 Å². The van der Waals surface area contributed by atoms with Crippen molar-refractivity contribution in [3.63, 3.8) is 0 Å². The zero-order valence-electron chi connectivity index (χ0n) is 13.7. The van der Waals surface area contributed by atoms with Gasteiger partial charge in [-0.2, -0.15) is 0 Å². The number of benzene rings is 1. The standard InChI is InChI=1S/C19H31N/c1-5-20-14-19(12-10-16(4)11-13-19)18-8-6-17(7-9-18)15(2)3/h6-9,15-16,20H,5,10-14H2,1-4H3. The molecule has 2 rings (SSSR count). The van der Waals surface area contributed by atoms with Gasteiger partial charge in [-0.3, -0.25) is 0 Å². The molecule has 0 saturated heterocycles. The summed E-state index contributed by atoms with van der Waals surface area (Å²) in [4.78, 5) is 0. The molecule has 0 heterocycles. The Kier molecular flexibility index (Phi) is 5.26. The van der Waals surface area contributed by atoms with Crippen LogP contribution in [0.3, 0.4) is 0 Å². The van der Waals surface area contributed by atoms with Crippen LogP contribution in [0.25, 0.3) is 0 Å². The average molecular weight is 273 g/mol. The Hall–Kier alpha value is -0.820. The normalized spacial score (nSPS) is 26.9. The first-order valence-electron chi connectivity index (χ1n) is 8.38. The number of likely N-dealkylation sites (N-methyl/N-ethyl adjacent to an activating group) is 1. The minimum Gasteiger partial charge on any atom is -0.316 e. The van der Waals surface area contributed by atoms with Gasteiger partial charge in [-0.25, -0.2) is 0 Å². The molecule has 20 heavy (non-hydrogen) atoms. The molecule has 1 saturated carbocycles. The average Bonchev–Trinajstić information content (AvgIpc) is 2.47. The van der Waals surface area contributed by atoms with Crippen LogP contribution in [0.4, 0.5) is 0 Å². The maximum absolute atomic E-state index is 3.61. The lowest BCUT2D eigenvalue weighted by Gasteiger charge is -2.40. The summed E-state index contributed by atoms with van der Waals surface area (Å²) in [7, 11) is 0. The minimum absolute atomic E-state index is 0.373. The monoisotopic (exact) mass is 273 g/mol. The molecule has 1 aromatic carbocycles. The summed E-state index contributed by atoms with van der Waals surface area (Å²) in [6, 6.07) is 9.46. The smallest absolute Gasteiger partial charge is 0.00779 e. The van der Waals surface area contributed by atoms with E-state index in [1.54, 1.807) is 5.56 Å². The van der Waals surface area contributed by atoms with Gasteiger partial charge in [0, 0.05) is 12.0 Å². The van der Waals surface area contributed by atoms with Gasteiger partial charge in [-0.1, -0.05) is 52.0 Å². The number of nitrogens with one attached hydrogen (secondary N) is 1. The van der Waals surface area contributed by atoms with Crippen LogP contribution in [0, 0.1) is 5.92 Å². The predicted molar refractivity (Wildman–Crippen MR) is 88.4 cm³/mol. The summed E-state index contributed by atoms with van der Waals surface area (Å²) in [6.45, 7) is 11.4. The van der Waals surface area contributed by atoms with E-state index in [1.165, 1.54) is 31.2 Å². The van der Waals surface area contributed by atoms with E-state index in [2.05, 4.69) is 57.3 Å². The first-order chi connectivity index (χ1) is 9.57. The van der Waals surface area contributed by atoms with E-state index in [9.17, 15) is 0 Å². The third-order valence-corrected chi connectivity index (χ3v) is 5.13. The van der Waals surface area contributed by atoms with Crippen LogP contribution < -0.4 is 5.32 Å². The van der Waals surface area contributed by atoms with Crippen molar-refractivity contribution >= 4 is 0 Å². The molecule has 0 radical (unpaired) electrons. The molecule has 1 N–H and O–H groups in total. The van der Waals surface area contributed by atoms with Gasteiger partial charge in [0.25, 0.3) is 0 Å². The molecule has 1 fully saturated rings. The van der Waals surface area contributed by atoms with Gasteiger partial charge in [-0.05, 0) is 55.2 Å². The van der Waals surface area contributed by atoms with Crippen molar-refractivity contribution < 1.29 is 0 Å². The molecule has 0 aromatic heterocycles. The highest BCUT2D eigenvalue weighted by molar-refractivity contribution is 5.31. The topological polar surface area (TPSA) is 12.0 Å². The van der Waals surface area contributed by atoms with Crippen molar-refractivity contribution in [2.45, 2.75) is 64.7 Å². The summed E-state index contributed by atoms with van der Waals surface area (Å²) in [5.74, 6) is 1.53. The Bertz CT molecular complexity index is 391. The predicted octanol–water partition coefficient (Wildman–Crippen LogP) is 4.87. The summed E-state index contributed by atoms with van der Waals surface area (Å²) < 4.78 is 0. The van der Waals surface area contributed by atoms with Crippen LogP contribution in [0.15, 0.2) is 24.3 Å². The van der Waals surface area contributed by atoms with Gasteiger partial charge < -0.3 is 5.32 Å². The quantitative estimate of drug-likeness (QED) is 0.807. The van der Waals surface area contributed by atoms with Crippen molar-refractivity contribution in [3.8, 4) is 0 Å². The SMILES string of the molecule is CCNCC1(c2ccc(C(C)C)cc2)CCC(C)CC1. The van der Waals surface area contributed by atoms with Gasteiger partial charge in [0.2, 0.25) is 0 Å². The molecule has 1 nitrogen and oxygen atoms in total. The van der Waals surface area contributed by atoms with Crippen LogP contribution in [0.2, 0.25) is 0 Å². The molecule has 1 heteroatoms. The van der Waals surface area contributed by atoms with Crippen molar-refractivity contribution in [2.75, 3.05) is 13.1 Å². The Morgan fingerprint density at radius 1 is 1.15 bits per heavy atom. The lowest BCUT2D eigenvalue weighted by atomic mass is 9.66. The zero-order chi connectivity index (χ0) is 14.6. The molecule has 1 aliphatic carbocycles. The Morgan fingerprint density at radius 3 is 2.25 bits per heavy atom.